The number of benzene rings is 3. The molecule has 0 aromatic heterocycles. The Hall–Kier alpha value is -2.84. The van der Waals surface area contributed by atoms with Crippen molar-refractivity contribution in [1.82, 2.24) is 0 Å². The molecule has 4 rings (SSSR count). The van der Waals surface area contributed by atoms with Crippen LogP contribution in [0.2, 0.25) is 0 Å². The summed E-state index contributed by atoms with van der Waals surface area (Å²) < 4.78 is 35.2. The molecular weight excluding hydrogens is 504 g/mol. The molecule has 3 aromatic carbocycles. The molecule has 1 atom stereocenters. The van der Waals surface area contributed by atoms with E-state index in [4.69, 9.17) is 4.74 Å². The van der Waals surface area contributed by atoms with Crippen LogP contribution in [0.4, 0.5) is 11.4 Å². The maximum atomic E-state index is 13.9. The number of ether oxygens (including phenoxy) is 1. The Balaban J connectivity index is 1.76. The predicted molar refractivity (Wildman–Crippen MR) is 133 cm³/mol. The summed E-state index contributed by atoms with van der Waals surface area (Å²) in [5.74, 6) is -0.0543. The molecule has 1 aliphatic rings. The summed E-state index contributed by atoms with van der Waals surface area (Å²) in [7, 11) is -2.66. The first-order valence-electron chi connectivity index (χ1n) is 10.6. The molecule has 1 amide bonds. The van der Waals surface area contributed by atoms with Gasteiger partial charge in [-0.05, 0) is 73.9 Å². The van der Waals surface area contributed by atoms with E-state index in [-0.39, 0.29) is 29.1 Å². The number of halogens is 1. The molecule has 0 aliphatic carbocycles. The zero-order valence-electron chi connectivity index (χ0n) is 18.7. The summed E-state index contributed by atoms with van der Waals surface area (Å²) in [6, 6.07) is 19.4. The number of hydrogen-bond donors (Lipinski definition) is 0. The van der Waals surface area contributed by atoms with Gasteiger partial charge in [0.25, 0.3) is 10.0 Å². The lowest BCUT2D eigenvalue weighted by atomic mass is 10.1. The van der Waals surface area contributed by atoms with Crippen molar-refractivity contribution in [2.75, 3.05) is 22.9 Å². The minimum Gasteiger partial charge on any atom is -0.495 e. The van der Waals surface area contributed by atoms with Crippen molar-refractivity contribution in [3.05, 3.63) is 82.3 Å². The Morgan fingerprint density at radius 3 is 2.55 bits per heavy atom. The number of aryl methyl sites for hydroxylation is 1. The van der Waals surface area contributed by atoms with Crippen molar-refractivity contribution in [3.63, 3.8) is 0 Å². The van der Waals surface area contributed by atoms with Crippen molar-refractivity contribution < 1.29 is 17.9 Å². The summed E-state index contributed by atoms with van der Waals surface area (Å²) in [5.41, 5.74) is 3.06. The van der Waals surface area contributed by atoms with Gasteiger partial charge in [0.15, 0.2) is 0 Å². The number of rotatable bonds is 6. The Morgan fingerprint density at radius 2 is 1.85 bits per heavy atom. The highest BCUT2D eigenvalue weighted by atomic mass is 79.9. The van der Waals surface area contributed by atoms with Gasteiger partial charge >= 0.3 is 0 Å². The van der Waals surface area contributed by atoms with Gasteiger partial charge in [-0.25, -0.2) is 8.42 Å². The van der Waals surface area contributed by atoms with Gasteiger partial charge in [-0.3, -0.25) is 9.10 Å². The molecule has 0 saturated carbocycles. The predicted octanol–water partition coefficient (Wildman–Crippen LogP) is 4.94. The van der Waals surface area contributed by atoms with Crippen LogP contribution < -0.4 is 13.9 Å². The number of amides is 1. The molecule has 1 unspecified atom stereocenters. The standard InChI is InChI=1S/C25H25BrN2O4S/c1-17-9-12-23(32-3)24(13-17)33(30,31)27(21-7-5-4-6-8-21)16-25(29)28-18(2)14-19-15-20(26)10-11-22(19)28/h4-13,15,18H,14,16H2,1-3H3. The van der Waals surface area contributed by atoms with Crippen LogP contribution in [0.15, 0.2) is 76.1 Å². The monoisotopic (exact) mass is 528 g/mol. The number of methoxy groups -OCH3 is 1. The van der Waals surface area contributed by atoms with Crippen LogP contribution in [0, 0.1) is 6.92 Å². The molecule has 172 valence electrons. The topological polar surface area (TPSA) is 66.9 Å². The number of hydrogen-bond acceptors (Lipinski definition) is 4. The number of carbonyl (C=O) groups excluding carboxylic acids is 1. The van der Waals surface area contributed by atoms with Crippen LogP contribution in [0.25, 0.3) is 0 Å². The van der Waals surface area contributed by atoms with Crippen molar-refractivity contribution in [2.45, 2.75) is 31.2 Å². The van der Waals surface area contributed by atoms with E-state index in [0.717, 1.165) is 25.6 Å². The summed E-state index contributed by atoms with van der Waals surface area (Å²) in [5, 5.41) is 0. The van der Waals surface area contributed by atoms with Gasteiger partial charge in [-0.2, -0.15) is 0 Å². The first-order valence-corrected chi connectivity index (χ1v) is 12.8. The fourth-order valence-electron chi connectivity index (χ4n) is 4.19. The summed E-state index contributed by atoms with van der Waals surface area (Å²) in [6.07, 6.45) is 0.713. The van der Waals surface area contributed by atoms with Gasteiger partial charge in [-0.1, -0.05) is 40.2 Å². The van der Waals surface area contributed by atoms with Gasteiger partial charge in [0.2, 0.25) is 5.91 Å². The fourth-order valence-corrected chi connectivity index (χ4v) is 6.26. The van der Waals surface area contributed by atoms with Gasteiger partial charge in [0.05, 0.1) is 12.8 Å². The number of anilines is 2. The summed E-state index contributed by atoms with van der Waals surface area (Å²) in [4.78, 5) is 15.3. The van der Waals surface area contributed by atoms with E-state index in [1.807, 2.05) is 32.0 Å². The van der Waals surface area contributed by atoms with Crippen LogP contribution in [0.3, 0.4) is 0 Å². The highest BCUT2D eigenvalue weighted by Crippen LogP contribution is 2.35. The molecule has 1 aliphatic heterocycles. The molecule has 0 fully saturated rings. The second kappa shape index (κ2) is 9.19. The van der Waals surface area contributed by atoms with Crippen LogP contribution in [0.5, 0.6) is 5.75 Å². The van der Waals surface area contributed by atoms with Gasteiger partial charge in [0.1, 0.15) is 17.2 Å². The highest BCUT2D eigenvalue weighted by Gasteiger charge is 2.36. The number of sulfonamides is 1. The van der Waals surface area contributed by atoms with Crippen LogP contribution in [-0.2, 0) is 21.2 Å². The molecule has 6 nitrogen and oxygen atoms in total. The van der Waals surface area contributed by atoms with Crippen molar-refractivity contribution in [3.8, 4) is 5.75 Å². The highest BCUT2D eigenvalue weighted by molar-refractivity contribution is 9.10. The minimum absolute atomic E-state index is 0.0282. The largest absolute Gasteiger partial charge is 0.495 e. The van der Waals surface area contributed by atoms with E-state index in [1.165, 1.54) is 7.11 Å². The summed E-state index contributed by atoms with van der Waals surface area (Å²) >= 11 is 3.48. The Labute approximate surface area is 203 Å². The molecule has 0 N–H and O–H groups in total. The van der Waals surface area contributed by atoms with Gasteiger partial charge in [0, 0.05) is 16.2 Å². The average molecular weight is 529 g/mol. The molecule has 0 bridgehead atoms. The third kappa shape index (κ3) is 4.50. The zero-order chi connectivity index (χ0) is 23.8. The Morgan fingerprint density at radius 1 is 1.12 bits per heavy atom. The lowest BCUT2D eigenvalue weighted by molar-refractivity contribution is -0.117. The normalized spacial score (nSPS) is 15.3. The molecule has 0 saturated heterocycles. The zero-order valence-corrected chi connectivity index (χ0v) is 21.1. The van der Waals surface area contributed by atoms with Crippen molar-refractivity contribution in [1.29, 1.82) is 0 Å². The van der Waals surface area contributed by atoms with Crippen molar-refractivity contribution in [2.24, 2.45) is 0 Å². The summed E-state index contributed by atoms with van der Waals surface area (Å²) in [6.45, 7) is 3.46. The maximum absolute atomic E-state index is 13.9. The number of carbonyl (C=O) groups is 1. The SMILES string of the molecule is COc1ccc(C)cc1S(=O)(=O)N(CC(=O)N1c2ccc(Br)cc2CC1C)c1ccccc1. The minimum atomic E-state index is -4.09. The van der Waals surface area contributed by atoms with Crippen LogP contribution >= 0.6 is 15.9 Å². The third-order valence-corrected chi connectivity index (χ3v) is 8.02. The lowest BCUT2D eigenvalue weighted by Crippen LogP contribution is -2.45. The molecule has 0 spiro atoms. The maximum Gasteiger partial charge on any atom is 0.268 e. The van der Waals surface area contributed by atoms with Crippen LogP contribution in [0.1, 0.15) is 18.1 Å². The van der Waals surface area contributed by atoms with E-state index in [2.05, 4.69) is 15.9 Å². The van der Waals surface area contributed by atoms with E-state index in [0.29, 0.717) is 12.1 Å². The van der Waals surface area contributed by atoms with Gasteiger partial charge in [-0.15, -0.1) is 0 Å². The van der Waals surface area contributed by atoms with E-state index in [1.54, 1.807) is 53.4 Å². The fraction of sp³-hybridized carbons (Fsp3) is 0.240. The quantitative estimate of drug-likeness (QED) is 0.454. The molecule has 8 heteroatoms. The van der Waals surface area contributed by atoms with E-state index >= 15 is 0 Å². The number of fused-ring (bicyclic) bond motifs is 1. The molecule has 33 heavy (non-hydrogen) atoms. The molecule has 0 radical (unpaired) electrons. The molecular formula is C25H25BrN2O4S. The molecule has 1 heterocycles. The second-order valence-electron chi connectivity index (χ2n) is 8.09. The van der Waals surface area contributed by atoms with Crippen LogP contribution in [-0.4, -0.2) is 34.0 Å². The first-order chi connectivity index (χ1) is 15.7. The second-order valence-corrected chi connectivity index (χ2v) is 10.8. The number of nitrogens with zero attached hydrogens (tertiary/aromatic N) is 2. The third-order valence-electron chi connectivity index (χ3n) is 5.74. The Kier molecular flexibility index (Phi) is 6.50. The number of para-hydroxylation sites is 1. The Bertz CT molecular complexity index is 1300. The average Bonchev–Trinajstić information content (AvgIpc) is 3.12. The first kappa shape index (κ1) is 23.3. The van der Waals surface area contributed by atoms with Crippen molar-refractivity contribution >= 4 is 43.2 Å². The smallest absolute Gasteiger partial charge is 0.268 e. The van der Waals surface area contributed by atoms with E-state index in [9.17, 15) is 13.2 Å². The van der Waals surface area contributed by atoms with Gasteiger partial charge < -0.3 is 9.64 Å². The molecule has 3 aromatic rings. The lowest BCUT2D eigenvalue weighted by Gasteiger charge is -2.29. The van der Waals surface area contributed by atoms with E-state index < -0.39 is 10.0 Å².